The van der Waals surface area contributed by atoms with Crippen LogP contribution in [-0.4, -0.2) is 17.9 Å². The van der Waals surface area contributed by atoms with E-state index in [9.17, 15) is 22.8 Å². The lowest BCUT2D eigenvalue weighted by molar-refractivity contribution is -0.143. The third-order valence-electron chi connectivity index (χ3n) is 4.43. The summed E-state index contributed by atoms with van der Waals surface area (Å²) in [5, 5.41) is 4.39. The molecular weight excluding hydrogens is 397 g/mol. The molecule has 0 aliphatic heterocycles. The number of nitrogens with one attached hydrogen (secondary N) is 2. The maximum atomic E-state index is 12.6. The molecule has 0 bridgehead atoms. The average molecular weight is 416 g/mol. The highest BCUT2D eigenvalue weighted by Crippen LogP contribution is 2.29. The lowest BCUT2D eigenvalue weighted by atomic mass is 10.0. The SMILES string of the molecule is CC(ONC(=O)Cc1cccc2ccccc12)C(=O)Nc1ccc(C(F)(F)F)cc1. The van der Waals surface area contributed by atoms with Crippen molar-refractivity contribution in [2.75, 3.05) is 5.32 Å². The summed E-state index contributed by atoms with van der Waals surface area (Å²) in [5.41, 5.74) is 2.43. The van der Waals surface area contributed by atoms with Crippen LogP contribution in [0.1, 0.15) is 18.1 Å². The van der Waals surface area contributed by atoms with Crippen molar-refractivity contribution in [3.05, 3.63) is 77.9 Å². The van der Waals surface area contributed by atoms with Gasteiger partial charge in [-0.2, -0.15) is 13.2 Å². The Morgan fingerprint density at radius 1 is 0.967 bits per heavy atom. The number of hydroxylamine groups is 1. The van der Waals surface area contributed by atoms with Gasteiger partial charge < -0.3 is 5.32 Å². The molecule has 0 aromatic heterocycles. The molecule has 0 aliphatic rings. The lowest BCUT2D eigenvalue weighted by Crippen LogP contribution is -2.36. The maximum absolute atomic E-state index is 12.6. The molecule has 0 aliphatic carbocycles. The van der Waals surface area contributed by atoms with Gasteiger partial charge in [0.1, 0.15) is 0 Å². The van der Waals surface area contributed by atoms with Gasteiger partial charge in [-0.3, -0.25) is 14.4 Å². The molecule has 0 spiro atoms. The van der Waals surface area contributed by atoms with Crippen LogP contribution in [0.5, 0.6) is 0 Å². The summed E-state index contributed by atoms with van der Waals surface area (Å²) in [5.74, 6) is -1.04. The first kappa shape index (κ1) is 21.3. The Hall–Kier alpha value is -3.39. The summed E-state index contributed by atoms with van der Waals surface area (Å²) in [4.78, 5) is 29.4. The lowest BCUT2D eigenvalue weighted by Gasteiger charge is -2.14. The van der Waals surface area contributed by atoms with Crippen molar-refractivity contribution >= 4 is 28.3 Å². The monoisotopic (exact) mass is 416 g/mol. The highest BCUT2D eigenvalue weighted by Gasteiger charge is 2.30. The van der Waals surface area contributed by atoms with Crippen LogP contribution in [-0.2, 0) is 27.0 Å². The van der Waals surface area contributed by atoms with Crippen molar-refractivity contribution in [2.24, 2.45) is 0 Å². The van der Waals surface area contributed by atoms with E-state index in [4.69, 9.17) is 4.84 Å². The molecule has 0 saturated carbocycles. The summed E-state index contributed by atoms with van der Waals surface area (Å²) in [6.07, 6.45) is -5.44. The van der Waals surface area contributed by atoms with Crippen molar-refractivity contribution in [2.45, 2.75) is 25.6 Å². The molecule has 3 aromatic carbocycles. The largest absolute Gasteiger partial charge is 0.416 e. The molecule has 2 amide bonds. The van der Waals surface area contributed by atoms with E-state index >= 15 is 0 Å². The Morgan fingerprint density at radius 3 is 2.33 bits per heavy atom. The van der Waals surface area contributed by atoms with E-state index in [0.29, 0.717) is 0 Å². The third kappa shape index (κ3) is 5.36. The highest BCUT2D eigenvalue weighted by molar-refractivity contribution is 5.94. The van der Waals surface area contributed by atoms with Crippen molar-refractivity contribution in [3.8, 4) is 0 Å². The Morgan fingerprint density at radius 2 is 1.63 bits per heavy atom. The molecule has 3 aromatic rings. The summed E-state index contributed by atoms with van der Waals surface area (Å²) in [6, 6.07) is 17.3. The van der Waals surface area contributed by atoms with Gasteiger partial charge in [-0.25, -0.2) is 5.48 Å². The quantitative estimate of drug-likeness (QED) is 0.583. The van der Waals surface area contributed by atoms with Gasteiger partial charge in [0.25, 0.3) is 5.91 Å². The first-order chi connectivity index (χ1) is 14.2. The zero-order valence-corrected chi connectivity index (χ0v) is 16.0. The van der Waals surface area contributed by atoms with Gasteiger partial charge in [-0.05, 0) is 47.5 Å². The second kappa shape index (κ2) is 8.96. The highest BCUT2D eigenvalue weighted by atomic mass is 19.4. The zero-order chi connectivity index (χ0) is 21.7. The van der Waals surface area contributed by atoms with Crippen molar-refractivity contribution in [3.63, 3.8) is 0 Å². The van der Waals surface area contributed by atoms with Crippen molar-refractivity contribution in [1.82, 2.24) is 5.48 Å². The number of hydrogen-bond donors (Lipinski definition) is 2. The second-order valence-electron chi connectivity index (χ2n) is 6.66. The number of carbonyl (C=O) groups excluding carboxylic acids is 2. The molecule has 0 saturated heterocycles. The predicted molar refractivity (Wildman–Crippen MR) is 106 cm³/mol. The van der Waals surface area contributed by atoms with Crippen LogP contribution in [0.2, 0.25) is 0 Å². The normalized spacial score (nSPS) is 12.4. The number of anilines is 1. The molecule has 0 heterocycles. The fraction of sp³-hybridized carbons (Fsp3) is 0.182. The van der Waals surface area contributed by atoms with Crippen LogP contribution >= 0.6 is 0 Å². The Labute approximate surface area is 170 Å². The molecule has 0 fully saturated rings. The van der Waals surface area contributed by atoms with Crippen LogP contribution in [0.4, 0.5) is 18.9 Å². The van der Waals surface area contributed by atoms with Gasteiger partial charge in [-0.1, -0.05) is 42.5 Å². The summed E-state index contributed by atoms with van der Waals surface area (Å²) in [6.45, 7) is 1.41. The number of amides is 2. The number of carbonyl (C=O) groups is 2. The first-order valence-electron chi connectivity index (χ1n) is 9.13. The van der Waals surface area contributed by atoms with Crippen LogP contribution in [0, 0.1) is 0 Å². The van der Waals surface area contributed by atoms with E-state index in [0.717, 1.165) is 40.6 Å². The van der Waals surface area contributed by atoms with Gasteiger partial charge >= 0.3 is 6.18 Å². The summed E-state index contributed by atoms with van der Waals surface area (Å²) in [7, 11) is 0. The van der Waals surface area contributed by atoms with Crippen LogP contribution in [0.15, 0.2) is 66.7 Å². The minimum absolute atomic E-state index is 0.0641. The molecule has 5 nitrogen and oxygen atoms in total. The molecule has 2 N–H and O–H groups in total. The molecule has 8 heteroatoms. The number of halogens is 3. The van der Waals surface area contributed by atoms with Gasteiger partial charge in [0, 0.05) is 5.69 Å². The maximum Gasteiger partial charge on any atom is 0.416 e. The van der Waals surface area contributed by atoms with E-state index in [-0.39, 0.29) is 12.1 Å². The Kier molecular flexibility index (Phi) is 6.37. The molecule has 3 rings (SSSR count). The van der Waals surface area contributed by atoms with Gasteiger partial charge in [0.15, 0.2) is 6.10 Å². The first-order valence-corrected chi connectivity index (χ1v) is 9.13. The van der Waals surface area contributed by atoms with Gasteiger partial charge in [0.2, 0.25) is 5.91 Å². The zero-order valence-electron chi connectivity index (χ0n) is 16.0. The smallest absolute Gasteiger partial charge is 0.324 e. The van der Waals surface area contributed by atoms with Crippen molar-refractivity contribution in [1.29, 1.82) is 0 Å². The molecule has 0 radical (unpaired) electrons. The topological polar surface area (TPSA) is 67.4 Å². The standard InChI is InChI=1S/C22H19F3N2O3/c1-14(21(29)26-18-11-9-17(10-12-18)22(23,24)25)30-27-20(28)13-16-7-4-6-15-5-2-3-8-19(15)16/h2-12,14H,13H2,1H3,(H,26,29)(H,27,28). The number of rotatable bonds is 6. The van der Waals surface area contributed by atoms with E-state index in [1.807, 2.05) is 42.5 Å². The molecule has 1 atom stereocenters. The molecular formula is C22H19F3N2O3. The fourth-order valence-electron chi connectivity index (χ4n) is 2.85. The summed E-state index contributed by atoms with van der Waals surface area (Å²) >= 11 is 0. The second-order valence-corrected chi connectivity index (χ2v) is 6.66. The number of alkyl halides is 3. The van der Waals surface area contributed by atoms with E-state index in [1.165, 1.54) is 6.92 Å². The number of benzene rings is 3. The fourth-order valence-corrected chi connectivity index (χ4v) is 2.85. The van der Waals surface area contributed by atoms with E-state index < -0.39 is 29.7 Å². The van der Waals surface area contributed by atoms with Gasteiger partial charge in [0.05, 0.1) is 12.0 Å². The van der Waals surface area contributed by atoms with Crippen LogP contribution in [0.25, 0.3) is 10.8 Å². The molecule has 156 valence electrons. The minimum Gasteiger partial charge on any atom is -0.324 e. The third-order valence-corrected chi connectivity index (χ3v) is 4.43. The minimum atomic E-state index is -4.45. The molecule has 1 unspecified atom stereocenters. The van der Waals surface area contributed by atoms with Crippen LogP contribution < -0.4 is 10.8 Å². The number of hydrogen-bond acceptors (Lipinski definition) is 3. The Balaban J connectivity index is 1.52. The van der Waals surface area contributed by atoms with Gasteiger partial charge in [-0.15, -0.1) is 0 Å². The molecule has 30 heavy (non-hydrogen) atoms. The van der Waals surface area contributed by atoms with E-state index in [2.05, 4.69) is 10.8 Å². The average Bonchev–Trinajstić information content (AvgIpc) is 2.72. The number of fused-ring (bicyclic) bond motifs is 1. The van der Waals surface area contributed by atoms with E-state index in [1.54, 1.807) is 0 Å². The predicted octanol–water partition coefficient (Wildman–Crippen LogP) is 4.48. The summed E-state index contributed by atoms with van der Waals surface area (Å²) < 4.78 is 37.7. The van der Waals surface area contributed by atoms with Crippen molar-refractivity contribution < 1.29 is 27.6 Å². The Bertz CT molecular complexity index is 1040. The van der Waals surface area contributed by atoms with Crippen LogP contribution in [0.3, 0.4) is 0 Å².